The van der Waals surface area contributed by atoms with Gasteiger partial charge in [-0.25, -0.2) is 0 Å². The summed E-state index contributed by atoms with van der Waals surface area (Å²) in [5.74, 6) is 0.120. The van der Waals surface area contributed by atoms with Gasteiger partial charge in [0.1, 0.15) is 23.0 Å². The number of nitrogens with zero attached hydrogens (tertiary/aromatic N) is 6. The first-order chi connectivity index (χ1) is 39.6. The molecule has 0 saturated carbocycles. The van der Waals surface area contributed by atoms with Crippen molar-refractivity contribution in [2.45, 2.75) is 35.5 Å². The Hall–Kier alpha value is -10.1. The summed E-state index contributed by atoms with van der Waals surface area (Å²) < 4.78 is 210. The Balaban J connectivity index is 0.796. The molecule has 0 saturated heterocycles. The highest BCUT2D eigenvalue weighted by molar-refractivity contribution is 5.63. The van der Waals surface area contributed by atoms with Crippen molar-refractivity contribution in [1.82, 2.24) is 30.6 Å². The number of ether oxygens (including phenoxy) is 2. The van der Waals surface area contributed by atoms with E-state index in [1.165, 1.54) is 24.3 Å². The fraction of sp³-hybridized carbons (Fsp3) is 0.100. The van der Waals surface area contributed by atoms with Gasteiger partial charge in [0, 0.05) is 33.4 Å². The molecule has 23 heteroatoms. The van der Waals surface area contributed by atoms with Crippen molar-refractivity contribution in [3.05, 3.63) is 229 Å². The van der Waals surface area contributed by atoms with Crippen LogP contribution in [0.3, 0.4) is 0 Å². The van der Waals surface area contributed by atoms with Crippen molar-refractivity contribution >= 4 is 0 Å². The van der Waals surface area contributed by atoms with Crippen molar-refractivity contribution in [3.8, 4) is 91.7 Å². The number of aromatic nitrogens is 6. The maximum Gasteiger partial charge on any atom is 0.411 e. The van der Waals surface area contributed by atoms with Crippen LogP contribution in [0, 0.1) is 0 Å². The van der Waals surface area contributed by atoms with E-state index in [1.807, 2.05) is 12.1 Å². The zero-order chi connectivity index (χ0) is 58.4. The van der Waals surface area contributed by atoms with Crippen LogP contribution in [0.5, 0.6) is 23.0 Å². The van der Waals surface area contributed by atoms with Crippen molar-refractivity contribution in [1.29, 1.82) is 0 Å². The summed E-state index contributed by atoms with van der Waals surface area (Å²) in [6.07, 6.45) is -23.9. The second-order valence-electron chi connectivity index (χ2n) is 18.4. The molecule has 11 rings (SSSR count). The van der Waals surface area contributed by atoms with Crippen LogP contribution in [0.25, 0.3) is 68.7 Å². The van der Waals surface area contributed by atoms with Crippen LogP contribution in [0.15, 0.2) is 220 Å². The molecule has 418 valence electrons. The molecule has 0 bridgehead atoms. The molecule has 83 heavy (non-hydrogen) atoms. The summed E-state index contributed by atoms with van der Waals surface area (Å²) in [4.78, 5) is 0. The fourth-order valence-electron chi connectivity index (χ4n) is 9.37. The molecular weight excluding hydrogens is 1110 g/mol. The van der Waals surface area contributed by atoms with Crippen LogP contribution in [-0.4, -0.2) is 55.3 Å². The second-order valence-corrected chi connectivity index (χ2v) is 18.4. The van der Waals surface area contributed by atoms with Gasteiger partial charge in [-0.3, -0.25) is 0 Å². The zero-order valence-electron chi connectivity index (χ0n) is 41.9. The predicted molar refractivity (Wildman–Crippen MR) is 274 cm³/mol. The number of rotatable bonds is 14. The second kappa shape index (κ2) is 21.1. The van der Waals surface area contributed by atoms with E-state index in [2.05, 4.69) is 30.6 Å². The zero-order valence-corrected chi connectivity index (χ0v) is 41.9. The van der Waals surface area contributed by atoms with Crippen LogP contribution < -0.4 is 9.47 Å². The van der Waals surface area contributed by atoms with Crippen LogP contribution in [-0.2, 0) is 10.8 Å². The topological polar surface area (TPSA) is 135 Å². The Morgan fingerprint density at radius 1 is 0.229 bits per heavy atom. The maximum atomic E-state index is 15.1. The van der Waals surface area contributed by atoms with Gasteiger partial charge in [0.2, 0.25) is 46.2 Å². The average Bonchev–Trinajstić information content (AvgIpc) is 2.25. The summed E-state index contributed by atoms with van der Waals surface area (Å²) in [6, 6.07) is 42.2. The lowest BCUT2D eigenvalue weighted by Gasteiger charge is -2.38. The van der Waals surface area contributed by atoms with Crippen molar-refractivity contribution in [2.24, 2.45) is 0 Å². The van der Waals surface area contributed by atoms with E-state index >= 15 is 52.7 Å². The van der Waals surface area contributed by atoms with Gasteiger partial charge in [0.25, 0.3) is 0 Å². The predicted octanol–water partition coefficient (Wildman–Crippen LogP) is 17.2. The third kappa shape index (κ3) is 10.3. The smallest absolute Gasteiger partial charge is 0.411 e. The van der Waals surface area contributed by atoms with Crippen LogP contribution >= 0.6 is 0 Å². The Labute approximate surface area is 460 Å². The molecule has 0 atom stereocenters. The van der Waals surface area contributed by atoms with E-state index in [-0.39, 0.29) is 57.7 Å². The minimum absolute atomic E-state index is 0.0984. The van der Waals surface area contributed by atoms with E-state index < -0.39 is 69.6 Å². The third-order valence-corrected chi connectivity index (χ3v) is 13.4. The van der Waals surface area contributed by atoms with Crippen LogP contribution in [0.2, 0.25) is 0 Å². The molecular formula is C60H34F12N6O5. The molecule has 11 nitrogen and oxygen atoms in total. The first-order valence-electron chi connectivity index (χ1n) is 24.5. The van der Waals surface area contributed by atoms with Crippen molar-refractivity contribution < 1.29 is 75.4 Å². The molecule has 0 fully saturated rings. The lowest BCUT2D eigenvalue weighted by atomic mass is 9.72. The number of hydrogen-bond donors (Lipinski definition) is 0. The molecule has 0 amide bonds. The van der Waals surface area contributed by atoms with Gasteiger partial charge in [0.15, 0.2) is 0 Å². The minimum atomic E-state index is -5.97. The summed E-state index contributed by atoms with van der Waals surface area (Å²) in [5, 5.41) is 23.7. The average molecular weight is 1150 g/mol. The number of benzene rings is 8. The minimum Gasteiger partial charge on any atom is -0.457 e. The Morgan fingerprint density at radius 2 is 0.410 bits per heavy atom. The molecule has 0 aliphatic heterocycles. The molecule has 0 unspecified atom stereocenters. The number of alkyl halides is 12. The first-order valence-corrected chi connectivity index (χ1v) is 24.5. The van der Waals surface area contributed by atoms with Gasteiger partial charge in [-0.2, -0.15) is 52.7 Å². The van der Waals surface area contributed by atoms with Crippen molar-refractivity contribution in [3.63, 3.8) is 0 Å². The van der Waals surface area contributed by atoms with E-state index in [0.717, 1.165) is 48.5 Å². The SMILES string of the molecule is FC(F)(F)C(c1ccc(Oc2ccc(-c3nnc(-c4ccccc4)o3)cc2)cc1)(c1ccc(-c2nnc(-c3ccc(C(c4ccc(Oc5ccc(-c6nnc(-c7ccccc7)o6)cc5)cc4)(C(F)(F)F)C(F)(F)F)cc3)o2)cc1)C(F)(F)F. The third-order valence-electron chi connectivity index (χ3n) is 13.4. The molecule has 0 radical (unpaired) electrons. The lowest BCUT2D eigenvalue weighted by Crippen LogP contribution is -2.54. The Kier molecular flexibility index (Phi) is 14.0. The Bertz CT molecular complexity index is 3710. The van der Waals surface area contributed by atoms with Crippen LogP contribution in [0.4, 0.5) is 52.7 Å². The highest BCUT2D eigenvalue weighted by atomic mass is 19.4. The summed E-state index contributed by atoms with van der Waals surface area (Å²) >= 11 is 0. The van der Waals surface area contributed by atoms with Gasteiger partial charge >= 0.3 is 24.7 Å². The Morgan fingerprint density at radius 3 is 0.627 bits per heavy atom. The highest BCUT2D eigenvalue weighted by Crippen LogP contribution is 2.58. The first kappa shape index (κ1) is 54.9. The van der Waals surface area contributed by atoms with Gasteiger partial charge < -0.3 is 22.7 Å². The normalized spacial score (nSPS) is 12.6. The molecule has 3 heterocycles. The molecule has 0 aliphatic carbocycles. The van der Waals surface area contributed by atoms with Gasteiger partial charge in [-0.05, 0) is 144 Å². The molecule has 0 N–H and O–H groups in total. The standard InChI is InChI=1S/C60H34F12N6O5/c61-57(62,63)55(58(64,65)66,43-23-31-47(32-24-43)79-45-27-15-39(16-28-45)53-77-73-49(81-53)35-7-3-1-4-8-35)41-19-11-37(12-20-41)51-75-76-52(83-51)38-13-21-42(22-14-38)56(59(67,68)69,60(70,71)72)44-25-33-48(34-26-44)80-46-29-17-40(18-30-46)54-78-74-50(82-54)36-9-5-2-6-10-36/h1-34H. The monoisotopic (exact) mass is 1150 g/mol. The number of hydrogen-bond acceptors (Lipinski definition) is 11. The number of halogens is 12. The molecule has 11 aromatic rings. The van der Waals surface area contributed by atoms with Crippen molar-refractivity contribution in [2.75, 3.05) is 0 Å². The van der Waals surface area contributed by atoms with E-state index in [1.54, 1.807) is 72.8 Å². The van der Waals surface area contributed by atoms with E-state index in [0.29, 0.717) is 70.8 Å². The quantitative estimate of drug-likeness (QED) is 0.0963. The molecule has 8 aromatic carbocycles. The van der Waals surface area contributed by atoms with Gasteiger partial charge in [-0.1, -0.05) is 84.9 Å². The molecule has 3 aromatic heterocycles. The van der Waals surface area contributed by atoms with E-state index in [9.17, 15) is 0 Å². The fourth-order valence-corrected chi connectivity index (χ4v) is 9.37. The van der Waals surface area contributed by atoms with Crippen LogP contribution in [0.1, 0.15) is 22.3 Å². The summed E-state index contributed by atoms with van der Waals surface area (Å²) in [7, 11) is 0. The lowest BCUT2D eigenvalue weighted by molar-refractivity contribution is -0.290. The van der Waals surface area contributed by atoms with Gasteiger partial charge in [-0.15, -0.1) is 30.6 Å². The maximum absolute atomic E-state index is 15.1. The largest absolute Gasteiger partial charge is 0.457 e. The summed E-state index contributed by atoms with van der Waals surface area (Å²) in [6.45, 7) is 0. The highest BCUT2D eigenvalue weighted by Gasteiger charge is 2.73. The van der Waals surface area contributed by atoms with E-state index in [4.69, 9.17) is 22.7 Å². The van der Waals surface area contributed by atoms with Gasteiger partial charge in [0.05, 0.1) is 0 Å². The summed E-state index contributed by atoms with van der Waals surface area (Å²) in [5.41, 5.74) is -12.1. The molecule has 0 aliphatic rings. The molecule has 0 spiro atoms.